The molecule has 4 rings (SSSR count). The molecule has 0 N–H and O–H groups in total. The summed E-state index contributed by atoms with van der Waals surface area (Å²) in [6, 6.07) is 17.8. The predicted molar refractivity (Wildman–Crippen MR) is 138 cm³/mol. The van der Waals surface area contributed by atoms with Crippen LogP contribution in [0.1, 0.15) is 30.4 Å². The summed E-state index contributed by atoms with van der Waals surface area (Å²) in [5.74, 6) is 2.04. The van der Waals surface area contributed by atoms with Crippen LogP contribution in [0.15, 0.2) is 59.0 Å². The maximum Gasteiger partial charge on any atom is 0.409 e. The van der Waals surface area contributed by atoms with Gasteiger partial charge in [0, 0.05) is 25.1 Å². The lowest BCUT2D eigenvalue weighted by Crippen LogP contribution is -2.30. The van der Waals surface area contributed by atoms with Crippen LogP contribution in [0.2, 0.25) is 0 Å². The Labute approximate surface area is 217 Å². The monoisotopic (exact) mass is 506 g/mol. The number of ether oxygens (including phenoxy) is 3. The Morgan fingerprint density at radius 3 is 2.62 bits per heavy atom. The molecule has 0 spiro atoms. The van der Waals surface area contributed by atoms with E-state index >= 15 is 0 Å². The van der Waals surface area contributed by atoms with E-state index in [0.29, 0.717) is 38.6 Å². The molecule has 8 nitrogen and oxygen atoms in total. The van der Waals surface area contributed by atoms with Gasteiger partial charge in [-0.2, -0.15) is 0 Å². The molecule has 1 amide bonds. The maximum atomic E-state index is 12.3. The highest BCUT2D eigenvalue weighted by Crippen LogP contribution is 2.31. The molecule has 8 heteroatoms. The first-order valence-electron chi connectivity index (χ1n) is 12.7. The molecule has 0 aliphatic carbocycles. The Balaban J connectivity index is 1.36. The van der Waals surface area contributed by atoms with Crippen LogP contribution in [-0.2, 0) is 27.1 Å². The van der Waals surface area contributed by atoms with Crippen LogP contribution >= 0.6 is 0 Å². The molecule has 0 bridgehead atoms. The lowest BCUT2D eigenvalue weighted by molar-refractivity contribution is -0.141. The number of oxazole rings is 1. The Morgan fingerprint density at radius 1 is 1.08 bits per heavy atom. The molecule has 3 aromatic rings. The Bertz CT molecular complexity index is 1190. The van der Waals surface area contributed by atoms with E-state index in [9.17, 15) is 9.59 Å². The quantitative estimate of drug-likeness (QED) is 0.354. The summed E-state index contributed by atoms with van der Waals surface area (Å²) in [4.78, 5) is 30.6. The summed E-state index contributed by atoms with van der Waals surface area (Å²) in [6.07, 6.45) is 1.29. The minimum Gasteiger partial charge on any atom is -0.493 e. The summed E-state index contributed by atoms with van der Waals surface area (Å²) < 4.78 is 22.0. The molecule has 1 aliphatic rings. The number of hydrogen-bond acceptors (Lipinski definition) is 7. The van der Waals surface area contributed by atoms with Crippen LogP contribution in [0, 0.1) is 18.8 Å². The third-order valence-electron chi connectivity index (χ3n) is 6.68. The normalized spacial score (nSPS) is 17.0. The number of benzene rings is 2. The number of aromatic nitrogens is 1. The third-order valence-corrected chi connectivity index (χ3v) is 6.68. The number of carbonyl (C=O) groups is 2. The van der Waals surface area contributed by atoms with Crippen molar-refractivity contribution in [1.29, 1.82) is 0 Å². The Morgan fingerprint density at radius 2 is 1.86 bits per heavy atom. The van der Waals surface area contributed by atoms with Gasteiger partial charge >= 0.3 is 12.1 Å². The molecule has 1 fully saturated rings. The smallest absolute Gasteiger partial charge is 0.409 e. The molecule has 0 saturated carbocycles. The first-order valence-corrected chi connectivity index (χ1v) is 12.7. The summed E-state index contributed by atoms with van der Waals surface area (Å²) in [6.45, 7) is 5.52. The van der Waals surface area contributed by atoms with Crippen molar-refractivity contribution in [3.05, 3.63) is 71.6 Å². The van der Waals surface area contributed by atoms with E-state index in [2.05, 4.69) is 4.98 Å². The number of amides is 1. The number of esters is 1. The second-order valence-electron chi connectivity index (χ2n) is 9.24. The maximum absolute atomic E-state index is 12.3. The van der Waals surface area contributed by atoms with Gasteiger partial charge in [0.1, 0.15) is 11.5 Å². The molecule has 196 valence electrons. The van der Waals surface area contributed by atoms with E-state index in [1.807, 2.05) is 61.5 Å². The number of methoxy groups -OCH3 is 1. The average molecular weight is 507 g/mol. The lowest BCUT2D eigenvalue weighted by Gasteiger charge is -2.17. The average Bonchev–Trinajstić information content (AvgIpc) is 3.48. The molecule has 2 atom stereocenters. The van der Waals surface area contributed by atoms with E-state index in [4.69, 9.17) is 18.6 Å². The molecular weight excluding hydrogens is 472 g/mol. The molecule has 1 saturated heterocycles. The van der Waals surface area contributed by atoms with Gasteiger partial charge in [0.25, 0.3) is 0 Å². The molecule has 37 heavy (non-hydrogen) atoms. The second-order valence-corrected chi connectivity index (χ2v) is 9.24. The highest BCUT2D eigenvalue weighted by molar-refractivity contribution is 5.71. The topological polar surface area (TPSA) is 91.1 Å². The largest absolute Gasteiger partial charge is 0.493 e. The minimum absolute atomic E-state index is 0.00961. The SMILES string of the molecule is CCOC(=O)N1C[C@H](CC(=O)OC)[C@@H](Cc2cccc(OCCc3nc(-c4ccccc4)oc3C)c2)C1. The van der Waals surface area contributed by atoms with Crippen LogP contribution < -0.4 is 4.74 Å². The fourth-order valence-electron chi connectivity index (χ4n) is 4.76. The Hall–Kier alpha value is -3.81. The molecule has 0 radical (unpaired) electrons. The van der Waals surface area contributed by atoms with Gasteiger partial charge in [0.2, 0.25) is 5.89 Å². The van der Waals surface area contributed by atoms with Gasteiger partial charge in [-0.05, 0) is 61.9 Å². The highest BCUT2D eigenvalue weighted by Gasteiger charge is 2.37. The molecule has 1 aromatic heterocycles. The highest BCUT2D eigenvalue weighted by atomic mass is 16.6. The first-order chi connectivity index (χ1) is 18.0. The summed E-state index contributed by atoms with van der Waals surface area (Å²) in [5, 5.41) is 0. The molecule has 2 heterocycles. The fraction of sp³-hybridized carbons (Fsp3) is 0.414. The first kappa shape index (κ1) is 26.3. The van der Waals surface area contributed by atoms with Gasteiger partial charge in [-0.25, -0.2) is 9.78 Å². The summed E-state index contributed by atoms with van der Waals surface area (Å²) in [7, 11) is 1.39. The number of hydrogen-bond donors (Lipinski definition) is 0. The van der Waals surface area contributed by atoms with Crippen molar-refractivity contribution in [2.75, 3.05) is 33.4 Å². The molecule has 2 aromatic carbocycles. The number of carbonyl (C=O) groups excluding carboxylic acids is 2. The van der Waals surface area contributed by atoms with Crippen LogP contribution in [0.3, 0.4) is 0 Å². The zero-order chi connectivity index (χ0) is 26.2. The van der Waals surface area contributed by atoms with Gasteiger partial charge in [0.15, 0.2) is 0 Å². The fourth-order valence-corrected chi connectivity index (χ4v) is 4.76. The van der Waals surface area contributed by atoms with Gasteiger partial charge in [-0.15, -0.1) is 0 Å². The zero-order valence-electron chi connectivity index (χ0n) is 21.6. The van der Waals surface area contributed by atoms with Gasteiger partial charge in [-0.3, -0.25) is 4.79 Å². The van der Waals surface area contributed by atoms with Crippen LogP contribution in [-0.4, -0.2) is 55.4 Å². The van der Waals surface area contributed by atoms with Gasteiger partial charge in [0.05, 0.1) is 32.4 Å². The van der Waals surface area contributed by atoms with Gasteiger partial charge in [-0.1, -0.05) is 30.3 Å². The van der Waals surface area contributed by atoms with E-state index in [1.165, 1.54) is 7.11 Å². The standard InChI is InChI=1S/C29H34N2O6/c1-4-35-29(33)31-18-23(24(19-31)17-27(32)34-3)15-21-9-8-12-25(16-21)36-14-13-26-20(2)37-28(30-26)22-10-6-5-7-11-22/h5-12,16,23-24H,4,13-15,17-19H2,1-3H3/t23-,24-/m0/s1. The van der Waals surface area contributed by atoms with Crippen molar-refractivity contribution < 1.29 is 28.2 Å². The lowest BCUT2D eigenvalue weighted by atomic mass is 9.87. The number of aryl methyl sites for hydroxylation is 1. The van der Waals surface area contributed by atoms with Crippen LogP contribution in [0.4, 0.5) is 4.79 Å². The van der Waals surface area contributed by atoms with E-state index < -0.39 is 0 Å². The van der Waals surface area contributed by atoms with Crippen molar-refractivity contribution in [3.63, 3.8) is 0 Å². The van der Waals surface area contributed by atoms with Crippen molar-refractivity contribution in [2.24, 2.45) is 11.8 Å². The van der Waals surface area contributed by atoms with E-state index in [-0.39, 0.29) is 30.3 Å². The molecular formula is C29H34N2O6. The van der Waals surface area contributed by atoms with Crippen LogP contribution in [0.5, 0.6) is 5.75 Å². The minimum atomic E-state index is -0.337. The molecule has 1 aliphatic heterocycles. The van der Waals surface area contributed by atoms with E-state index in [0.717, 1.165) is 34.8 Å². The van der Waals surface area contributed by atoms with Crippen molar-refractivity contribution >= 4 is 12.1 Å². The predicted octanol–water partition coefficient (Wildman–Crippen LogP) is 5.08. The van der Waals surface area contributed by atoms with Crippen LogP contribution in [0.25, 0.3) is 11.5 Å². The number of rotatable bonds is 10. The summed E-state index contributed by atoms with van der Waals surface area (Å²) in [5.41, 5.74) is 2.92. The number of nitrogens with zero attached hydrogens (tertiary/aromatic N) is 2. The number of likely N-dealkylation sites (tertiary alicyclic amines) is 1. The third kappa shape index (κ3) is 6.90. The Kier molecular flexibility index (Phi) is 8.82. The van der Waals surface area contributed by atoms with Crippen molar-refractivity contribution in [3.8, 4) is 17.2 Å². The second kappa shape index (κ2) is 12.4. The van der Waals surface area contributed by atoms with Crippen molar-refractivity contribution in [2.45, 2.75) is 33.1 Å². The zero-order valence-corrected chi connectivity index (χ0v) is 21.6. The van der Waals surface area contributed by atoms with E-state index in [1.54, 1.807) is 11.8 Å². The van der Waals surface area contributed by atoms with Crippen molar-refractivity contribution in [1.82, 2.24) is 9.88 Å². The van der Waals surface area contributed by atoms with Gasteiger partial charge < -0.3 is 23.5 Å². The molecule has 0 unspecified atom stereocenters. The summed E-state index contributed by atoms with van der Waals surface area (Å²) >= 11 is 0.